The molecule has 2 aromatic carbocycles. The SMILES string of the molecule is N#Cc1ccc2c(n1)[nH]c1cc3ccccc3cc12. The molecule has 4 rings (SSSR count). The Morgan fingerprint density at radius 2 is 1.74 bits per heavy atom. The van der Waals surface area contributed by atoms with E-state index in [1.165, 1.54) is 10.8 Å². The third-order valence-corrected chi connectivity index (χ3v) is 3.44. The molecule has 0 fully saturated rings. The summed E-state index contributed by atoms with van der Waals surface area (Å²) in [6.45, 7) is 0. The van der Waals surface area contributed by atoms with Crippen LogP contribution in [0.3, 0.4) is 0 Å². The molecule has 3 nitrogen and oxygen atoms in total. The first-order valence-corrected chi connectivity index (χ1v) is 6.06. The Hall–Kier alpha value is -2.86. The van der Waals surface area contributed by atoms with Crippen LogP contribution in [0.5, 0.6) is 0 Å². The molecule has 0 atom stereocenters. The van der Waals surface area contributed by atoms with Crippen LogP contribution in [0.2, 0.25) is 0 Å². The molecule has 0 radical (unpaired) electrons. The summed E-state index contributed by atoms with van der Waals surface area (Å²) in [4.78, 5) is 7.59. The van der Waals surface area contributed by atoms with E-state index in [4.69, 9.17) is 5.26 Å². The number of benzene rings is 2. The van der Waals surface area contributed by atoms with Gasteiger partial charge in [0, 0.05) is 16.3 Å². The molecular weight excluding hydrogens is 234 g/mol. The molecule has 4 aromatic rings. The van der Waals surface area contributed by atoms with Crippen molar-refractivity contribution in [2.45, 2.75) is 0 Å². The fraction of sp³-hybridized carbons (Fsp3) is 0. The maximum absolute atomic E-state index is 8.90. The number of pyridine rings is 1. The highest BCUT2D eigenvalue weighted by Crippen LogP contribution is 2.28. The number of hydrogen-bond acceptors (Lipinski definition) is 2. The number of nitriles is 1. The summed E-state index contributed by atoms with van der Waals surface area (Å²) in [5, 5.41) is 13.5. The summed E-state index contributed by atoms with van der Waals surface area (Å²) >= 11 is 0. The molecule has 0 amide bonds. The van der Waals surface area contributed by atoms with E-state index in [9.17, 15) is 0 Å². The van der Waals surface area contributed by atoms with Crippen molar-refractivity contribution in [1.29, 1.82) is 5.26 Å². The maximum Gasteiger partial charge on any atom is 0.142 e. The van der Waals surface area contributed by atoms with Crippen molar-refractivity contribution in [3.05, 3.63) is 54.2 Å². The van der Waals surface area contributed by atoms with Gasteiger partial charge in [0.25, 0.3) is 0 Å². The van der Waals surface area contributed by atoms with Crippen LogP contribution in [0.15, 0.2) is 48.5 Å². The monoisotopic (exact) mass is 243 g/mol. The lowest BCUT2D eigenvalue weighted by Crippen LogP contribution is -1.81. The van der Waals surface area contributed by atoms with Gasteiger partial charge in [-0.25, -0.2) is 4.98 Å². The zero-order chi connectivity index (χ0) is 12.8. The van der Waals surface area contributed by atoms with Gasteiger partial charge in [0.15, 0.2) is 0 Å². The molecule has 19 heavy (non-hydrogen) atoms. The number of aromatic nitrogens is 2. The summed E-state index contributed by atoms with van der Waals surface area (Å²) in [5.41, 5.74) is 2.25. The van der Waals surface area contributed by atoms with Gasteiger partial charge in [0.05, 0.1) is 0 Å². The summed E-state index contributed by atoms with van der Waals surface area (Å²) in [6, 6.07) is 18.3. The predicted molar refractivity (Wildman–Crippen MR) is 75.8 cm³/mol. The van der Waals surface area contributed by atoms with Gasteiger partial charge in [-0.3, -0.25) is 0 Å². The van der Waals surface area contributed by atoms with Crippen molar-refractivity contribution in [2.24, 2.45) is 0 Å². The lowest BCUT2D eigenvalue weighted by atomic mass is 10.1. The number of aromatic amines is 1. The van der Waals surface area contributed by atoms with Gasteiger partial charge >= 0.3 is 0 Å². The van der Waals surface area contributed by atoms with Crippen molar-refractivity contribution < 1.29 is 0 Å². The van der Waals surface area contributed by atoms with Gasteiger partial charge in [-0.2, -0.15) is 5.26 Å². The van der Waals surface area contributed by atoms with Crippen molar-refractivity contribution in [1.82, 2.24) is 9.97 Å². The highest BCUT2D eigenvalue weighted by Gasteiger charge is 2.07. The number of nitrogens with one attached hydrogen (secondary N) is 1. The van der Waals surface area contributed by atoms with E-state index in [0.29, 0.717) is 5.69 Å². The minimum Gasteiger partial charge on any atom is -0.339 e. The minimum absolute atomic E-state index is 0.434. The normalized spacial score (nSPS) is 11.1. The third kappa shape index (κ3) is 1.40. The fourth-order valence-corrected chi connectivity index (χ4v) is 2.53. The Morgan fingerprint density at radius 1 is 0.947 bits per heavy atom. The molecular formula is C16H9N3. The average Bonchev–Trinajstić information content (AvgIpc) is 2.81. The van der Waals surface area contributed by atoms with Crippen LogP contribution >= 0.6 is 0 Å². The highest BCUT2D eigenvalue weighted by molar-refractivity contribution is 6.10. The Morgan fingerprint density at radius 3 is 2.53 bits per heavy atom. The number of fused-ring (bicyclic) bond motifs is 4. The fourth-order valence-electron chi connectivity index (χ4n) is 2.53. The maximum atomic E-state index is 8.90. The first kappa shape index (κ1) is 10.1. The quantitative estimate of drug-likeness (QED) is 0.511. The van der Waals surface area contributed by atoms with Crippen molar-refractivity contribution >= 4 is 32.7 Å². The van der Waals surface area contributed by atoms with Gasteiger partial charge in [-0.15, -0.1) is 0 Å². The van der Waals surface area contributed by atoms with E-state index in [1.54, 1.807) is 6.07 Å². The molecule has 3 heteroatoms. The van der Waals surface area contributed by atoms with E-state index in [2.05, 4.69) is 40.3 Å². The van der Waals surface area contributed by atoms with Gasteiger partial charge in [0.1, 0.15) is 17.4 Å². The molecule has 0 aliphatic rings. The Balaban J connectivity index is 2.19. The lowest BCUT2D eigenvalue weighted by molar-refractivity contribution is 1.29. The van der Waals surface area contributed by atoms with E-state index >= 15 is 0 Å². The zero-order valence-electron chi connectivity index (χ0n) is 10.0. The third-order valence-electron chi connectivity index (χ3n) is 3.44. The molecule has 0 aliphatic heterocycles. The van der Waals surface area contributed by atoms with Crippen LogP contribution in [0.1, 0.15) is 5.69 Å². The van der Waals surface area contributed by atoms with Crippen molar-refractivity contribution in [3.8, 4) is 6.07 Å². The van der Waals surface area contributed by atoms with Gasteiger partial charge in [-0.1, -0.05) is 24.3 Å². The number of H-pyrrole nitrogens is 1. The van der Waals surface area contributed by atoms with E-state index in [0.717, 1.165) is 21.9 Å². The molecule has 0 saturated heterocycles. The second-order valence-corrected chi connectivity index (χ2v) is 4.57. The van der Waals surface area contributed by atoms with Crippen molar-refractivity contribution in [2.75, 3.05) is 0 Å². The molecule has 0 saturated carbocycles. The first-order chi connectivity index (χ1) is 9.35. The average molecular weight is 243 g/mol. The van der Waals surface area contributed by atoms with Crippen LogP contribution in [-0.4, -0.2) is 9.97 Å². The summed E-state index contributed by atoms with van der Waals surface area (Å²) in [7, 11) is 0. The summed E-state index contributed by atoms with van der Waals surface area (Å²) in [6.07, 6.45) is 0. The van der Waals surface area contributed by atoms with Gasteiger partial charge in [0.2, 0.25) is 0 Å². The number of hydrogen-bond donors (Lipinski definition) is 1. The molecule has 1 N–H and O–H groups in total. The van der Waals surface area contributed by atoms with Crippen LogP contribution in [0.25, 0.3) is 32.7 Å². The Labute approximate surface area is 109 Å². The summed E-state index contributed by atoms with van der Waals surface area (Å²) in [5.74, 6) is 0. The van der Waals surface area contributed by atoms with Crippen LogP contribution in [-0.2, 0) is 0 Å². The van der Waals surface area contributed by atoms with Crippen LogP contribution in [0, 0.1) is 11.3 Å². The largest absolute Gasteiger partial charge is 0.339 e. The molecule has 88 valence electrons. The standard InChI is InChI=1S/C16H9N3/c17-9-12-5-6-13-14-7-10-3-1-2-4-11(10)8-15(14)19-16(13)18-12/h1-8H,(H,18,19). The number of nitrogens with zero attached hydrogens (tertiary/aromatic N) is 2. The highest BCUT2D eigenvalue weighted by atomic mass is 14.9. The predicted octanol–water partition coefficient (Wildman–Crippen LogP) is 3.74. The van der Waals surface area contributed by atoms with Crippen LogP contribution in [0.4, 0.5) is 0 Å². The van der Waals surface area contributed by atoms with E-state index < -0.39 is 0 Å². The second-order valence-electron chi connectivity index (χ2n) is 4.57. The number of rotatable bonds is 0. The molecule has 2 aromatic heterocycles. The lowest BCUT2D eigenvalue weighted by Gasteiger charge is -1.97. The van der Waals surface area contributed by atoms with Crippen LogP contribution < -0.4 is 0 Å². The zero-order valence-corrected chi connectivity index (χ0v) is 10.0. The Kier molecular flexibility index (Phi) is 1.89. The topological polar surface area (TPSA) is 52.5 Å². The van der Waals surface area contributed by atoms with Gasteiger partial charge < -0.3 is 4.98 Å². The summed E-state index contributed by atoms with van der Waals surface area (Å²) < 4.78 is 0. The molecule has 0 unspecified atom stereocenters. The Bertz CT molecular complexity index is 974. The molecule has 0 bridgehead atoms. The van der Waals surface area contributed by atoms with E-state index in [1.807, 2.05) is 18.2 Å². The first-order valence-electron chi connectivity index (χ1n) is 6.06. The van der Waals surface area contributed by atoms with E-state index in [-0.39, 0.29) is 0 Å². The molecule has 0 spiro atoms. The van der Waals surface area contributed by atoms with Gasteiger partial charge in [-0.05, 0) is 35.0 Å². The molecule has 2 heterocycles. The molecule has 0 aliphatic carbocycles. The smallest absolute Gasteiger partial charge is 0.142 e. The second kappa shape index (κ2) is 3.56. The van der Waals surface area contributed by atoms with Crippen molar-refractivity contribution in [3.63, 3.8) is 0 Å². The minimum atomic E-state index is 0.434.